The van der Waals surface area contributed by atoms with Crippen LogP contribution in [0.1, 0.15) is 51.9 Å². The number of amides is 4. The Morgan fingerprint density at radius 1 is 1.23 bits per heavy atom. The van der Waals surface area contributed by atoms with E-state index >= 15 is 0 Å². The van der Waals surface area contributed by atoms with Gasteiger partial charge in [-0.05, 0) is 31.6 Å². The molecule has 0 unspecified atom stereocenters. The van der Waals surface area contributed by atoms with E-state index in [1.165, 1.54) is 33.4 Å². The molecule has 0 atom stereocenters. The van der Waals surface area contributed by atoms with Gasteiger partial charge in [0.15, 0.2) is 0 Å². The molecule has 1 aliphatic rings. The maximum absolute atomic E-state index is 11.9. The monoisotopic (exact) mass is 312 g/mol. The highest BCUT2D eigenvalue weighted by atomic mass is 16.5. The minimum atomic E-state index is -0.575. The minimum absolute atomic E-state index is 0.117. The van der Waals surface area contributed by atoms with Crippen molar-refractivity contribution in [2.75, 3.05) is 14.2 Å². The number of carbonyl (C=O) groups excluding carboxylic acids is 2. The summed E-state index contributed by atoms with van der Waals surface area (Å²) in [6.45, 7) is 2.21. The Morgan fingerprint density at radius 2 is 1.91 bits per heavy atom. The molecular weight excluding hydrogens is 284 g/mol. The van der Waals surface area contributed by atoms with Gasteiger partial charge in [-0.1, -0.05) is 26.2 Å². The molecule has 22 heavy (non-hydrogen) atoms. The van der Waals surface area contributed by atoms with E-state index in [1.54, 1.807) is 0 Å². The smallest absolute Gasteiger partial charge is 0.345 e. The predicted molar refractivity (Wildman–Crippen MR) is 85.8 cm³/mol. The summed E-state index contributed by atoms with van der Waals surface area (Å²) in [6, 6.07) is -0.903. The van der Waals surface area contributed by atoms with E-state index in [9.17, 15) is 9.59 Å². The van der Waals surface area contributed by atoms with Crippen molar-refractivity contribution in [2.24, 2.45) is 10.9 Å². The zero-order valence-electron chi connectivity index (χ0n) is 13.8. The maximum Gasteiger partial charge on any atom is 0.345 e. The summed E-state index contributed by atoms with van der Waals surface area (Å²) in [5, 5.41) is 7.68. The fourth-order valence-electron chi connectivity index (χ4n) is 2.68. The average molecular weight is 312 g/mol. The summed E-state index contributed by atoms with van der Waals surface area (Å²) < 4.78 is 4.86. The van der Waals surface area contributed by atoms with Crippen LogP contribution in [0.15, 0.2) is 4.99 Å². The SMILES string of the molecule is CCCCC1CCC(NC(=O)NC(=NC(=O)NC)OC)CC1. The van der Waals surface area contributed by atoms with Gasteiger partial charge in [0, 0.05) is 13.1 Å². The van der Waals surface area contributed by atoms with Gasteiger partial charge in [-0.15, -0.1) is 4.99 Å². The van der Waals surface area contributed by atoms with Crippen molar-refractivity contribution in [3.63, 3.8) is 0 Å². The first-order valence-electron chi connectivity index (χ1n) is 8.00. The highest BCUT2D eigenvalue weighted by Gasteiger charge is 2.22. The molecule has 0 heterocycles. The summed E-state index contributed by atoms with van der Waals surface area (Å²) >= 11 is 0. The van der Waals surface area contributed by atoms with E-state index in [-0.39, 0.29) is 18.1 Å². The van der Waals surface area contributed by atoms with Crippen LogP contribution in [0.4, 0.5) is 9.59 Å². The van der Waals surface area contributed by atoms with Gasteiger partial charge < -0.3 is 15.4 Å². The number of urea groups is 2. The van der Waals surface area contributed by atoms with E-state index < -0.39 is 6.03 Å². The average Bonchev–Trinajstić information content (AvgIpc) is 2.53. The van der Waals surface area contributed by atoms with Gasteiger partial charge in [0.2, 0.25) is 0 Å². The zero-order valence-corrected chi connectivity index (χ0v) is 13.8. The minimum Gasteiger partial charge on any atom is -0.468 e. The highest BCUT2D eigenvalue weighted by Crippen LogP contribution is 2.28. The second-order valence-corrected chi connectivity index (χ2v) is 5.63. The van der Waals surface area contributed by atoms with Crippen molar-refractivity contribution in [1.29, 1.82) is 0 Å². The number of rotatable bonds is 4. The molecular formula is C15H28N4O3. The molecule has 1 saturated carbocycles. The highest BCUT2D eigenvalue weighted by molar-refractivity contribution is 5.98. The van der Waals surface area contributed by atoms with E-state index in [0.717, 1.165) is 31.6 Å². The predicted octanol–water partition coefficient (Wildman–Crippen LogP) is 2.38. The molecule has 1 aliphatic carbocycles. The van der Waals surface area contributed by atoms with E-state index in [0.29, 0.717) is 0 Å². The van der Waals surface area contributed by atoms with Crippen LogP contribution < -0.4 is 16.0 Å². The van der Waals surface area contributed by atoms with Crippen LogP contribution in [0.3, 0.4) is 0 Å². The van der Waals surface area contributed by atoms with Gasteiger partial charge in [-0.2, -0.15) is 0 Å². The molecule has 0 spiro atoms. The number of nitrogens with one attached hydrogen (secondary N) is 3. The van der Waals surface area contributed by atoms with Gasteiger partial charge >= 0.3 is 18.1 Å². The third-order valence-electron chi connectivity index (χ3n) is 3.98. The summed E-state index contributed by atoms with van der Waals surface area (Å²) in [5.41, 5.74) is 0. The summed E-state index contributed by atoms with van der Waals surface area (Å²) in [6.07, 6.45) is 8.14. The van der Waals surface area contributed by atoms with E-state index in [2.05, 4.69) is 27.9 Å². The van der Waals surface area contributed by atoms with Crippen LogP contribution in [0, 0.1) is 5.92 Å². The third kappa shape index (κ3) is 6.78. The van der Waals surface area contributed by atoms with Gasteiger partial charge in [0.25, 0.3) is 0 Å². The Balaban J connectivity index is 2.34. The maximum atomic E-state index is 11.9. The molecule has 1 fully saturated rings. The van der Waals surface area contributed by atoms with Crippen molar-refractivity contribution in [2.45, 2.75) is 57.9 Å². The number of aliphatic imine (C=N–C) groups is 1. The number of nitrogens with zero attached hydrogens (tertiary/aromatic N) is 1. The third-order valence-corrected chi connectivity index (χ3v) is 3.98. The number of methoxy groups -OCH3 is 1. The Bertz CT molecular complexity index is 390. The molecule has 1 rings (SSSR count). The lowest BCUT2D eigenvalue weighted by Crippen LogP contribution is -2.46. The molecule has 0 aromatic carbocycles. The number of unbranched alkanes of at least 4 members (excludes halogenated alkanes) is 1. The summed E-state index contributed by atoms with van der Waals surface area (Å²) in [7, 11) is 2.80. The van der Waals surface area contributed by atoms with Crippen molar-refractivity contribution >= 4 is 18.1 Å². The molecule has 0 aromatic heterocycles. The molecule has 3 N–H and O–H groups in total. The fraction of sp³-hybridized carbons (Fsp3) is 0.800. The molecule has 126 valence electrons. The normalized spacial score (nSPS) is 21.9. The van der Waals surface area contributed by atoms with Crippen molar-refractivity contribution in [1.82, 2.24) is 16.0 Å². The zero-order chi connectivity index (χ0) is 16.4. The second-order valence-electron chi connectivity index (χ2n) is 5.63. The Labute approximate surface area is 132 Å². The van der Waals surface area contributed by atoms with Gasteiger partial charge in [-0.3, -0.25) is 5.32 Å². The van der Waals surface area contributed by atoms with Crippen molar-refractivity contribution < 1.29 is 14.3 Å². The molecule has 0 saturated heterocycles. The number of carbonyl (C=O) groups is 2. The number of amidine groups is 1. The molecule has 0 aliphatic heterocycles. The van der Waals surface area contributed by atoms with Crippen LogP contribution >= 0.6 is 0 Å². The lowest BCUT2D eigenvalue weighted by atomic mass is 9.83. The van der Waals surface area contributed by atoms with Crippen LogP contribution in [-0.2, 0) is 4.74 Å². The largest absolute Gasteiger partial charge is 0.468 e. The number of hydrogen-bond acceptors (Lipinski definition) is 3. The second kappa shape index (κ2) is 10.0. The van der Waals surface area contributed by atoms with Gasteiger partial charge in [0.05, 0.1) is 7.11 Å². The molecule has 0 bridgehead atoms. The molecule has 4 amide bonds. The summed E-state index contributed by atoms with van der Waals surface area (Å²) in [5.74, 6) is 0.797. The lowest BCUT2D eigenvalue weighted by molar-refractivity contribution is 0.226. The van der Waals surface area contributed by atoms with Gasteiger partial charge in [-0.25, -0.2) is 9.59 Å². The first-order chi connectivity index (χ1) is 10.6. The van der Waals surface area contributed by atoms with Gasteiger partial charge in [0.1, 0.15) is 0 Å². The first kappa shape index (κ1) is 18.3. The fourth-order valence-corrected chi connectivity index (χ4v) is 2.68. The van der Waals surface area contributed by atoms with Crippen molar-refractivity contribution in [3.05, 3.63) is 0 Å². The molecule has 0 aromatic rings. The van der Waals surface area contributed by atoms with Crippen molar-refractivity contribution in [3.8, 4) is 0 Å². The standard InChI is InChI=1S/C15H28N4O3/c1-4-5-6-11-7-9-12(10-8-11)17-14(21)19-15(22-3)18-13(20)16-2/h11-12H,4-10H2,1-3H3,(H3,16,17,18,19,20,21). The number of hydrogen-bond donors (Lipinski definition) is 3. The Kier molecular flexibility index (Phi) is 8.32. The van der Waals surface area contributed by atoms with Crippen LogP contribution in [-0.4, -0.2) is 38.3 Å². The molecule has 7 nitrogen and oxygen atoms in total. The lowest BCUT2D eigenvalue weighted by Gasteiger charge is -2.29. The van der Waals surface area contributed by atoms with Crippen LogP contribution in [0.2, 0.25) is 0 Å². The van der Waals surface area contributed by atoms with E-state index in [1.807, 2.05) is 0 Å². The van der Waals surface area contributed by atoms with E-state index in [4.69, 9.17) is 4.74 Å². The first-order valence-corrected chi connectivity index (χ1v) is 8.00. The topological polar surface area (TPSA) is 91.8 Å². The number of ether oxygens (including phenoxy) is 1. The quantitative estimate of drug-likeness (QED) is 0.549. The Morgan fingerprint density at radius 3 is 2.45 bits per heavy atom. The summed E-state index contributed by atoms with van der Waals surface area (Å²) in [4.78, 5) is 26.6. The van der Waals surface area contributed by atoms with Crippen LogP contribution in [0.25, 0.3) is 0 Å². The van der Waals surface area contributed by atoms with Crippen LogP contribution in [0.5, 0.6) is 0 Å². The molecule has 0 radical (unpaired) electrons. The molecule has 7 heteroatoms. The Hall–Kier alpha value is -1.79.